The van der Waals surface area contributed by atoms with Gasteiger partial charge in [-0.1, -0.05) is 95.5 Å². The molecule has 10 nitrogen and oxygen atoms in total. The first-order valence-corrected chi connectivity index (χ1v) is 20.3. The van der Waals surface area contributed by atoms with Gasteiger partial charge in [0.15, 0.2) is 0 Å². The highest BCUT2D eigenvalue weighted by atomic mass is 35.5. The predicted octanol–water partition coefficient (Wildman–Crippen LogP) is 9.89. The van der Waals surface area contributed by atoms with Gasteiger partial charge in [0.25, 0.3) is 0 Å². The molecule has 13 heteroatoms. The summed E-state index contributed by atoms with van der Waals surface area (Å²) in [5, 5.41) is 42.7. The van der Waals surface area contributed by atoms with Crippen molar-refractivity contribution in [3.8, 4) is 46.2 Å². The number of pyridine rings is 1. The maximum atomic E-state index is 11.6. The molecule has 1 aliphatic rings. The first-order chi connectivity index (χ1) is 28.5. The lowest BCUT2D eigenvalue weighted by Gasteiger charge is -2.16. The van der Waals surface area contributed by atoms with Gasteiger partial charge in [0.2, 0.25) is 11.8 Å². The van der Waals surface area contributed by atoms with Crippen molar-refractivity contribution in [3.05, 3.63) is 133 Å². The smallest absolute Gasteiger partial charge is 0.305 e. The molecule has 0 spiro atoms. The van der Waals surface area contributed by atoms with Gasteiger partial charge in [0.05, 0.1) is 45.8 Å². The number of aromatic nitrogens is 1. The van der Waals surface area contributed by atoms with E-state index in [1.807, 2.05) is 60.7 Å². The van der Waals surface area contributed by atoms with Gasteiger partial charge in [-0.25, -0.2) is 0 Å². The maximum absolute atomic E-state index is 11.6. The minimum absolute atomic E-state index is 0.000827. The van der Waals surface area contributed by atoms with Crippen molar-refractivity contribution in [1.82, 2.24) is 10.3 Å². The number of hydrogen-bond acceptors (Lipinski definition) is 9. The van der Waals surface area contributed by atoms with Crippen molar-refractivity contribution in [2.75, 3.05) is 6.54 Å². The van der Waals surface area contributed by atoms with Gasteiger partial charge in [0, 0.05) is 47.2 Å². The zero-order valence-corrected chi connectivity index (χ0v) is 34.3. The SMILES string of the molecule is N#Cc1cc(C#N)cc(COc2nc(OCc3cccc(-c4cccc(-c5ccc(CNC[C@@H]6CCC(=O)C6)cc5)c4Cl)c3Cl)c(Cl)cc2CCC[C@@H](O)CC(=O)O)c1. The van der Waals surface area contributed by atoms with Gasteiger partial charge in [0.1, 0.15) is 24.0 Å². The molecule has 0 radical (unpaired) electrons. The summed E-state index contributed by atoms with van der Waals surface area (Å²) in [6.45, 7) is 1.52. The van der Waals surface area contributed by atoms with Crippen LogP contribution in [0.15, 0.2) is 84.9 Å². The summed E-state index contributed by atoms with van der Waals surface area (Å²) in [6.07, 6.45) is 1.94. The van der Waals surface area contributed by atoms with E-state index in [0.717, 1.165) is 35.2 Å². The molecular weight excluding hydrogens is 811 g/mol. The number of benzene rings is 4. The van der Waals surface area contributed by atoms with E-state index in [2.05, 4.69) is 22.4 Å². The Morgan fingerprint density at radius 2 is 1.53 bits per heavy atom. The van der Waals surface area contributed by atoms with E-state index in [-0.39, 0.29) is 42.8 Å². The average molecular weight is 852 g/mol. The van der Waals surface area contributed by atoms with E-state index < -0.39 is 12.1 Å². The lowest BCUT2D eigenvalue weighted by molar-refractivity contribution is -0.139. The quantitative estimate of drug-likeness (QED) is 0.0773. The molecule has 0 saturated heterocycles. The Morgan fingerprint density at radius 3 is 2.20 bits per heavy atom. The molecule has 5 aromatic rings. The Hall–Kier alpha value is -5.46. The second-order valence-electron chi connectivity index (χ2n) is 14.5. The number of carboxylic acids is 1. The molecule has 0 amide bonds. The van der Waals surface area contributed by atoms with Crippen LogP contribution in [0.2, 0.25) is 15.1 Å². The number of aliphatic hydroxyl groups excluding tert-OH is 1. The number of nitriles is 2. The normalized spacial score (nSPS) is 14.1. The number of carbonyl (C=O) groups is 2. The zero-order chi connectivity index (χ0) is 41.9. The second kappa shape index (κ2) is 20.5. The fourth-order valence-corrected chi connectivity index (χ4v) is 7.93. The summed E-state index contributed by atoms with van der Waals surface area (Å²) >= 11 is 20.8. The van der Waals surface area contributed by atoms with Gasteiger partial charge >= 0.3 is 5.97 Å². The molecule has 0 unspecified atom stereocenters. The Bertz CT molecular complexity index is 2380. The van der Waals surface area contributed by atoms with E-state index in [9.17, 15) is 25.2 Å². The number of rotatable bonds is 18. The molecule has 0 bridgehead atoms. The molecule has 0 aliphatic heterocycles. The van der Waals surface area contributed by atoms with Crippen LogP contribution in [0.1, 0.15) is 71.9 Å². The van der Waals surface area contributed by atoms with Crippen LogP contribution in [0.25, 0.3) is 22.3 Å². The van der Waals surface area contributed by atoms with Crippen LogP contribution in [0.4, 0.5) is 0 Å². The molecule has 1 heterocycles. The Labute approximate surface area is 357 Å². The summed E-state index contributed by atoms with van der Waals surface area (Å²) in [6, 6.07) is 30.1. The average Bonchev–Trinajstić information content (AvgIpc) is 3.65. The zero-order valence-electron chi connectivity index (χ0n) is 32.0. The molecule has 2 atom stereocenters. The highest BCUT2D eigenvalue weighted by Crippen LogP contribution is 2.41. The summed E-state index contributed by atoms with van der Waals surface area (Å²) in [5.41, 5.74) is 6.86. The van der Waals surface area contributed by atoms with Gasteiger partial charge in [-0.2, -0.15) is 15.5 Å². The number of nitrogens with zero attached hydrogens (tertiary/aromatic N) is 3. The van der Waals surface area contributed by atoms with Crippen molar-refractivity contribution in [2.45, 2.75) is 70.8 Å². The number of Topliss-reactive ketones (excluding diaryl/α,β-unsaturated/α-hetero) is 1. The first kappa shape index (κ1) is 43.1. The lowest BCUT2D eigenvalue weighted by Crippen LogP contribution is -2.21. The number of ether oxygens (including phenoxy) is 2. The highest BCUT2D eigenvalue weighted by Gasteiger charge is 2.22. The maximum Gasteiger partial charge on any atom is 0.305 e. The molecule has 1 aliphatic carbocycles. The van der Waals surface area contributed by atoms with Crippen LogP contribution in [0.3, 0.4) is 0 Å². The number of aliphatic carboxylic acids is 1. The Morgan fingerprint density at radius 1 is 0.847 bits per heavy atom. The molecule has 302 valence electrons. The third-order valence-corrected chi connectivity index (χ3v) is 11.2. The summed E-state index contributed by atoms with van der Waals surface area (Å²) < 4.78 is 12.3. The second-order valence-corrected chi connectivity index (χ2v) is 15.7. The van der Waals surface area contributed by atoms with Crippen molar-refractivity contribution in [2.24, 2.45) is 5.92 Å². The minimum atomic E-state index is -1.09. The van der Waals surface area contributed by atoms with Crippen LogP contribution in [-0.2, 0) is 35.8 Å². The number of hydrogen-bond donors (Lipinski definition) is 3. The standard InChI is InChI=1S/C46H41Cl3N4O6/c47-41-20-34(4-1-6-36(54)21-42(56)57)45(58-26-32-17-30(22-50)16-31(18-32)23-51)53-46(41)59-27-35-5-2-8-39(43(35)48)40-9-3-7-38(44(40)49)33-13-10-28(11-14-33)24-52-25-29-12-15-37(55)19-29/h2-3,5,7-11,13-14,16-18,20,29,36,52,54H,1,4,6,12,15,19,21,24-27H2,(H,56,57)/t29-,36-/m1/s1. The summed E-state index contributed by atoms with van der Waals surface area (Å²) in [5.74, 6) is -0.0574. The van der Waals surface area contributed by atoms with Gasteiger partial charge < -0.3 is 25.0 Å². The molecular formula is C46H41Cl3N4O6. The van der Waals surface area contributed by atoms with Gasteiger partial charge in [-0.15, -0.1) is 0 Å². The van der Waals surface area contributed by atoms with Crippen LogP contribution in [0.5, 0.6) is 11.8 Å². The molecule has 1 saturated carbocycles. The van der Waals surface area contributed by atoms with E-state index in [1.165, 1.54) is 6.07 Å². The highest BCUT2D eigenvalue weighted by molar-refractivity contribution is 6.38. The van der Waals surface area contributed by atoms with Gasteiger partial charge in [-0.3, -0.25) is 9.59 Å². The molecule has 3 N–H and O–H groups in total. The number of aliphatic hydroxyl groups is 1. The van der Waals surface area contributed by atoms with Crippen molar-refractivity contribution in [3.63, 3.8) is 0 Å². The van der Waals surface area contributed by atoms with Crippen molar-refractivity contribution in [1.29, 1.82) is 10.5 Å². The van der Waals surface area contributed by atoms with E-state index in [4.69, 9.17) is 49.4 Å². The number of aryl methyl sites for hydroxylation is 1. The molecule has 6 rings (SSSR count). The fourth-order valence-electron chi connectivity index (χ4n) is 7.08. The predicted molar refractivity (Wildman–Crippen MR) is 226 cm³/mol. The van der Waals surface area contributed by atoms with Gasteiger partial charge in [-0.05, 0) is 79.1 Å². The van der Waals surface area contributed by atoms with Crippen LogP contribution >= 0.6 is 34.8 Å². The first-order valence-electron chi connectivity index (χ1n) is 19.2. The number of ketones is 1. The van der Waals surface area contributed by atoms with E-state index >= 15 is 0 Å². The number of nitrogens with one attached hydrogen (secondary N) is 1. The number of halogens is 3. The Balaban J connectivity index is 1.18. The van der Waals surface area contributed by atoms with Crippen LogP contribution < -0.4 is 14.8 Å². The van der Waals surface area contributed by atoms with Crippen molar-refractivity contribution < 1.29 is 29.3 Å². The molecule has 1 fully saturated rings. The summed E-state index contributed by atoms with van der Waals surface area (Å²) in [7, 11) is 0. The van der Waals surface area contributed by atoms with Crippen LogP contribution in [-0.4, -0.2) is 39.6 Å². The van der Waals surface area contributed by atoms with Crippen LogP contribution in [0, 0.1) is 28.6 Å². The monoisotopic (exact) mass is 850 g/mol. The molecule has 4 aromatic carbocycles. The van der Waals surface area contributed by atoms with E-state index in [0.29, 0.717) is 87.4 Å². The minimum Gasteiger partial charge on any atom is -0.481 e. The topological polar surface area (TPSA) is 166 Å². The van der Waals surface area contributed by atoms with E-state index in [1.54, 1.807) is 18.2 Å². The lowest BCUT2D eigenvalue weighted by atomic mass is 9.97. The van der Waals surface area contributed by atoms with Crippen molar-refractivity contribution >= 4 is 46.6 Å². The molecule has 1 aromatic heterocycles. The fraction of sp³-hybridized carbons (Fsp3) is 0.283. The Kier molecular flexibility index (Phi) is 15.0. The number of carboxylic acid groups (broad SMARTS) is 1. The third-order valence-electron chi connectivity index (χ3n) is 10.1. The molecule has 59 heavy (non-hydrogen) atoms. The largest absolute Gasteiger partial charge is 0.481 e. The summed E-state index contributed by atoms with van der Waals surface area (Å²) in [4.78, 5) is 27.2. The third kappa shape index (κ3) is 11.6. The number of carbonyl (C=O) groups excluding carboxylic acids is 1.